The molecule has 19 heavy (non-hydrogen) atoms. The number of allylic oxidation sites excluding steroid dienone is 1. The van der Waals surface area contributed by atoms with E-state index in [4.69, 9.17) is 0 Å². The molecule has 1 aromatic rings. The minimum absolute atomic E-state index is 0.0683. The van der Waals surface area contributed by atoms with Crippen LogP contribution in [0.1, 0.15) is 26.3 Å². The van der Waals surface area contributed by atoms with Crippen LogP contribution in [-0.4, -0.2) is 23.6 Å². The molecule has 0 saturated heterocycles. The standard InChI is InChI=1S/C16H21NO2/c1-4-8-15(19)17(12-16(2,3)13-18)11-14-9-6-5-7-10-14/h4-10,13H,11-12H2,1-3H3/b8-4+. The number of amides is 1. The predicted octanol–water partition coefficient (Wildman–Crippen LogP) is 2.82. The lowest BCUT2D eigenvalue weighted by atomic mass is 9.95. The van der Waals surface area contributed by atoms with Gasteiger partial charge in [0.25, 0.3) is 0 Å². The molecule has 0 saturated carbocycles. The molecular weight excluding hydrogens is 238 g/mol. The molecule has 0 radical (unpaired) electrons. The van der Waals surface area contributed by atoms with Crippen molar-refractivity contribution in [2.24, 2.45) is 5.41 Å². The molecule has 0 bridgehead atoms. The molecule has 0 unspecified atom stereocenters. The summed E-state index contributed by atoms with van der Waals surface area (Å²) in [6, 6.07) is 9.78. The third kappa shape index (κ3) is 5.08. The molecule has 1 rings (SSSR count). The van der Waals surface area contributed by atoms with E-state index in [0.29, 0.717) is 13.1 Å². The largest absolute Gasteiger partial charge is 0.334 e. The SMILES string of the molecule is C/C=C/C(=O)N(Cc1ccccc1)CC(C)(C)C=O. The third-order valence-corrected chi connectivity index (χ3v) is 2.75. The van der Waals surface area contributed by atoms with Crippen molar-refractivity contribution in [2.75, 3.05) is 6.54 Å². The highest BCUT2D eigenvalue weighted by Gasteiger charge is 2.23. The maximum Gasteiger partial charge on any atom is 0.246 e. The first-order valence-electron chi connectivity index (χ1n) is 6.40. The van der Waals surface area contributed by atoms with E-state index in [0.717, 1.165) is 11.8 Å². The quantitative estimate of drug-likeness (QED) is 0.582. The minimum Gasteiger partial charge on any atom is -0.334 e. The van der Waals surface area contributed by atoms with Crippen molar-refractivity contribution in [1.82, 2.24) is 4.90 Å². The zero-order chi connectivity index (χ0) is 14.3. The smallest absolute Gasteiger partial charge is 0.246 e. The van der Waals surface area contributed by atoms with E-state index >= 15 is 0 Å². The van der Waals surface area contributed by atoms with Gasteiger partial charge < -0.3 is 9.69 Å². The fourth-order valence-corrected chi connectivity index (χ4v) is 1.79. The van der Waals surface area contributed by atoms with E-state index < -0.39 is 5.41 Å². The molecule has 0 heterocycles. The molecule has 0 aliphatic heterocycles. The Bertz CT molecular complexity index is 449. The molecule has 1 amide bonds. The first-order valence-corrected chi connectivity index (χ1v) is 6.40. The summed E-state index contributed by atoms with van der Waals surface area (Å²) in [6.07, 6.45) is 4.14. The van der Waals surface area contributed by atoms with Crippen LogP contribution in [0.15, 0.2) is 42.5 Å². The molecule has 1 aromatic carbocycles. The minimum atomic E-state index is -0.536. The Labute approximate surface area is 114 Å². The summed E-state index contributed by atoms with van der Waals surface area (Å²) in [5, 5.41) is 0. The summed E-state index contributed by atoms with van der Waals surface area (Å²) in [6.45, 7) is 6.40. The van der Waals surface area contributed by atoms with E-state index in [2.05, 4.69) is 0 Å². The summed E-state index contributed by atoms with van der Waals surface area (Å²) in [5.41, 5.74) is 0.522. The predicted molar refractivity (Wildman–Crippen MR) is 76.5 cm³/mol. The van der Waals surface area contributed by atoms with Crippen molar-refractivity contribution in [3.8, 4) is 0 Å². The Morgan fingerprint density at radius 1 is 1.26 bits per heavy atom. The highest BCUT2D eigenvalue weighted by Crippen LogP contribution is 2.16. The van der Waals surface area contributed by atoms with Gasteiger partial charge in [-0.05, 0) is 18.6 Å². The zero-order valence-electron chi connectivity index (χ0n) is 11.8. The van der Waals surface area contributed by atoms with Crippen molar-refractivity contribution >= 4 is 12.2 Å². The van der Waals surface area contributed by atoms with Crippen LogP contribution in [0.5, 0.6) is 0 Å². The van der Waals surface area contributed by atoms with E-state index in [-0.39, 0.29) is 5.91 Å². The molecule has 3 heteroatoms. The van der Waals surface area contributed by atoms with E-state index in [1.807, 2.05) is 51.1 Å². The first-order chi connectivity index (χ1) is 8.98. The number of hydrogen-bond acceptors (Lipinski definition) is 2. The maximum atomic E-state index is 12.1. The van der Waals surface area contributed by atoms with Crippen LogP contribution in [0.2, 0.25) is 0 Å². The second-order valence-electron chi connectivity index (χ2n) is 5.29. The lowest BCUT2D eigenvalue weighted by molar-refractivity contribution is -0.129. The average Bonchev–Trinajstić information content (AvgIpc) is 2.39. The van der Waals surface area contributed by atoms with Crippen molar-refractivity contribution in [3.05, 3.63) is 48.0 Å². The van der Waals surface area contributed by atoms with E-state index in [1.54, 1.807) is 11.0 Å². The zero-order valence-corrected chi connectivity index (χ0v) is 11.8. The second kappa shape index (κ2) is 6.88. The molecule has 0 aliphatic carbocycles. The normalized spacial score (nSPS) is 11.5. The van der Waals surface area contributed by atoms with Crippen molar-refractivity contribution in [2.45, 2.75) is 27.3 Å². The van der Waals surface area contributed by atoms with Gasteiger partial charge in [0.05, 0.1) is 0 Å². The van der Waals surface area contributed by atoms with Gasteiger partial charge >= 0.3 is 0 Å². The highest BCUT2D eigenvalue weighted by molar-refractivity contribution is 5.87. The number of nitrogens with zero attached hydrogens (tertiary/aromatic N) is 1. The van der Waals surface area contributed by atoms with E-state index in [1.165, 1.54) is 6.08 Å². The molecule has 0 fully saturated rings. The van der Waals surface area contributed by atoms with Gasteiger partial charge in [0.1, 0.15) is 6.29 Å². The van der Waals surface area contributed by atoms with Gasteiger partial charge in [0.15, 0.2) is 0 Å². The fraction of sp³-hybridized carbons (Fsp3) is 0.375. The van der Waals surface area contributed by atoms with Crippen molar-refractivity contribution in [1.29, 1.82) is 0 Å². The summed E-state index contributed by atoms with van der Waals surface area (Å²) in [4.78, 5) is 24.8. The number of hydrogen-bond donors (Lipinski definition) is 0. The fourth-order valence-electron chi connectivity index (χ4n) is 1.79. The van der Waals surface area contributed by atoms with Crippen LogP contribution in [0.4, 0.5) is 0 Å². The van der Waals surface area contributed by atoms with E-state index in [9.17, 15) is 9.59 Å². The number of benzene rings is 1. The highest BCUT2D eigenvalue weighted by atomic mass is 16.2. The second-order valence-corrected chi connectivity index (χ2v) is 5.29. The lowest BCUT2D eigenvalue weighted by Crippen LogP contribution is -2.38. The lowest BCUT2D eigenvalue weighted by Gasteiger charge is -2.28. The Balaban J connectivity index is 2.86. The van der Waals surface area contributed by atoms with Crippen molar-refractivity contribution in [3.63, 3.8) is 0 Å². The molecule has 0 aliphatic rings. The Morgan fingerprint density at radius 3 is 2.42 bits per heavy atom. The average molecular weight is 259 g/mol. The number of rotatable bonds is 6. The van der Waals surface area contributed by atoms with Crippen LogP contribution in [0, 0.1) is 5.41 Å². The van der Waals surface area contributed by atoms with Crippen LogP contribution >= 0.6 is 0 Å². The number of carbonyl (C=O) groups is 2. The van der Waals surface area contributed by atoms with Gasteiger partial charge in [0, 0.05) is 18.5 Å². The van der Waals surface area contributed by atoms with Gasteiger partial charge in [-0.3, -0.25) is 4.79 Å². The topological polar surface area (TPSA) is 37.4 Å². The molecule has 0 atom stereocenters. The Kier molecular flexibility index (Phi) is 5.49. The van der Waals surface area contributed by atoms with Crippen LogP contribution in [0.3, 0.4) is 0 Å². The summed E-state index contributed by atoms with van der Waals surface area (Å²) in [5.74, 6) is -0.0683. The molecule has 0 N–H and O–H groups in total. The van der Waals surface area contributed by atoms with Gasteiger partial charge in [-0.15, -0.1) is 0 Å². The van der Waals surface area contributed by atoms with Gasteiger partial charge in [-0.1, -0.05) is 50.3 Å². The number of aldehydes is 1. The van der Waals surface area contributed by atoms with Crippen LogP contribution in [-0.2, 0) is 16.1 Å². The Hall–Kier alpha value is -1.90. The summed E-state index contributed by atoms with van der Waals surface area (Å²) in [7, 11) is 0. The molecular formula is C16H21NO2. The van der Waals surface area contributed by atoms with Gasteiger partial charge in [-0.25, -0.2) is 0 Å². The maximum absolute atomic E-state index is 12.1. The molecule has 0 spiro atoms. The van der Waals surface area contributed by atoms with Crippen LogP contribution in [0.25, 0.3) is 0 Å². The summed E-state index contributed by atoms with van der Waals surface area (Å²) < 4.78 is 0. The van der Waals surface area contributed by atoms with Gasteiger partial charge in [-0.2, -0.15) is 0 Å². The number of carbonyl (C=O) groups excluding carboxylic acids is 2. The monoisotopic (exact) mass is 259 g/mol. The first kappa shape index (κ1) is 15.2. The van der Waals surface area contributed by atoms with Crippen molar-refractivity contribution < 1.29 is 9.59 Å². The summed E-state index contributed by atoms with van der Waals surface area (Å²) >= 11 is 0. The molecule has 3 nitrogen and oxygen atoms in total. The van der Waals surface area contributed by atoms with Gasteiger partial charge in [0.2, 0.25) is 5.91 Å². The Morgan fingerprint density at radius 2 is 1.89 bits per heavy atom. The third-order valence-electron chi connectivity index (χ3n) is 2.75. The van der Waals surface area contributed by atoms with Crippen LogP contribution < -0.4 is 0 Å². The molecule has 102 valence electrons. The molecule has 0 aromatic heterocycles.